The van der Waals surface area contributed by atoms with E-state index in [9.17, 15) is 4.79 Å². The predicted octanol–water partition coefficient (Wildman–Crippen LogP) is -0.370. The number of carbonyl (C=O) groups is 1. The minimum absolute atomic E-state index is 0.699. The van der Waals surface area contributed by atoms with E-state index >= 15 is 0 Å². The van der Waals surface area contributed by atoms with Gasteiger partial charge in [0.25, 0.3) is 0 Å². The second kappa shape index (κ2) is 0.578. The molecule has 0 aromatic carbocycles. The Morgan fingerprint density at radius 3 is 2.60 bits per heavy atom. The monoisotopic (exact) mass is 69.0 g/mol. The lowest BCUT2D eigenvalue weighted by Gasteiger charge is -1.54. The Kier molecular flexibility index (Phi) is 0.283. The Hall–Kier alpha value is -0.790. The third kappa shape index (κ3) is 0.265. The van der Waals surface area contributed by atoms with Crippen molar-refractivity contribution < 1.29 is 4.79 Å². The first-order chi connectivity index (χ1) is 2.43. The van der Waals surface area contributed by atoms with Crippen LogP contribution in [-0.2, 0) is 4.79 Å². The molecule has 1 heterocycles. The fraction of sp³-hybridized carbons (Fsp3) is 0. The molecule has 2 nitrogen and oxygen atoms in total. The predicted molar refractivity (Wildman–Crippen MR) is 17.3 cm³/mol. The number of carbonyl (C=O) groups excluding carboxylic acids is 1. The van der Waals surface area contributed by atoms with Crippen molar-refractivity contribution in [3.8, 4) is 0 Å². The van der Waals surface area contributed by atoms with Crippen LogP contribution in [0.5, 0.6) is 0 Å². The topological polar surface area (TPSA) is 39.0 Å². The smallest absolute Gasteiger partial charge is 0.167 e. The molecule has 2 heteroatoms. The first kappa shape index (κ1) is 2.45. The Morgan fingerprint density at radius 1 is 2.00 bits per heavy atom. The summed E-state index contributed by atoms with van der Waals surface area (Å²) in [6.45, 7) is 0. The van der Waals surface area contributed by atoms with Crippen LogP contribution in [0, 0.1) is 0 Å². The Bertz CT molecular complexity index is 82.1. The average molecular weight is 69.1 g/mol. The summed E-state index contributed by atoms with van der Waals surface area (Å²) in [7, 11) is 0. The normalized spacial score (nSPS) is 15.6. The molecule has 0 atom stereocenters. The summed E-state index contributed by atoms with van der Waals surface area (Å²) < 4.78 is 0. The maximum Gasteiger partial charge on any atom is 0.167 e. The van der Waals surface area contributed by atoms with E-state index in [-0.39, 0.29) is 0 Å². The second-order valence-electron chi connectivity index (χ2n) is 0.862. The van der Waals surface area contributed by atoms with E-state index in [1.54, 1.807) is 6.20 Å². The molecular weight excluding hydrogens is 66.0 g/mol. The van der Waals surface area contributed by atoms with Crippen LogP contribution in [0.15, 0.2) is 11.9 Å². The van der Waals surface area contributed by atoms with Crippen molar-refractivity contribution in [1.82, 2.24) is 5.32 Å². The van der Waals surface area contributed by atoms with Crippen molar-refractivity contribution in [1.29, 1.82) is 0 Å². The maximum atomic E-state index is 9.44. The lowest BCUT2D eigenvalue weighted by Crippen LogP contribution is -1.75. The Labute approximate surface area is 29.5 Å². The molecule has 5 heavy (non-hydrogen) atoms. The molecule has 0 spiro atoms. The number of nitrogens with one attached hydrogen (secondary N) is 1. The highest BCUT2D eigenvalue weighted by atomic mass is 16.1. The highest BCUT2D eigenvalue weighted by Crippen LogP contribution is 1.91. The Balaban J connectivity index is 2.49. The van der Waals surface area contributed by atoms with Gasteiger partial charge >= 0.3 is 0 Å². The second-order valence-corrected chi connectivity index (χ2v) is 0.862. The lowest BCUT2D eigenvalue weighted by molar-refractivity contribution is -0.104. The van der Waals surface area contributed by atoms with Gasteiger partial charge in [0, 0.05) is 6.20 Å². The molecule has 1 aliphatic heterocycles. The summed E-state index contributed by atoms with van der Waals surface area (Å²) in [5.41, 5.74) is 0.699. The van der Waals surface area contributed by atoms with Crippen LogP contribution in [0.25, 0.3) is 0 Å². The first-order valence-electron chi connectivity index (χ1n) is 1.35. The van der Waals surface area contributed by atoms with Crippen LogP contribution in [0.4, 0.5) is 0 Å². The molecule has 26 valence electrons. The van der Waals surface area contributed by atoms with Gasteiger partial charge in [-0.15, -0.1) is 0 Å². The molecule has 1 N–H and O–H groups in total. The summed E-state index contributed by atoms with van der Waals surface area (Å²) in [5.74, 6) is 0. The SMILES string of the molecule is O=CC1=CN1. The molecular formula is C3H3NO. The molecule has 0 saturated heterocycles. The number of rotatable bonds is 1. The minimum atomic E-state index is 0.699. The van der Waals surface area contributed by atoms with Crippen molar-refractivity contribution in [3.63, 3.8) is 0 Å². The van der Waals surface area contributed by atoms with Crippen molar-refractivity contribution in [2.24, 2.45) is 0 Å². The van der Waals surface area contributed by atoms with Crippen molar-refractivity contribution in [3.05, 3.63) is 11.9 Å². The van der Waals surface area contributed by atoms with Gasteiger partial charge in [-0.3, -0.25) is 4.79 Å². The molecule has 1 aliphatic rings. The van der Waals surface area contributed by atoms with Crippen molar-refractivity contribution >= 4 is 6.29 Å². The minimum Gasteiger partial charge on any atom is -0.356 e. The van der Waals surface area contributed by atoms with E-state index in [1.807, 2.05) is 0 Å². The van der Waals surface area contributed by atoms with Crippen LogP contribution in [0.3, 0.4) is 0 Å². The fourth-order valence-corrected chi connectivity index (χ4v) is 0.110. The molecule has 0 radical (unpaired) electrons. The summed E-state index contributed by atoms with van der Waals surface area (Å²) in [5, 5.41) is 2.61. The van der Waals surface area contributed by atoms with Gasteiger partial charge in [0.15, 0.2) is 6.29 Å². The maximum absolute atomic E-state index is 9.44. The van der Waals surface area contributed by atoms with Gasteiger partial charge in [0.05, 0.1) is 5.70 Å². The largest absolute Gasteiger partial charge is 0.356 e. The third-order valence-corrected chi connectivity index (χ3v) is 0.438. The number of aldehydes is 1. The summed E-state index contributed by atoms with van der Waals surface area (Å²) in [4.78, 5) is 9.44. The molecule has 0 aromatic heterocycles. The quantitative estimate of drug-likeness (QED) is 0.426. The summed E-state index contributed by atoms with van der Waals surface area (Å²) in [6.07, 6.45) is 2.42. The van der Waals surface area contributed by atoms with Crippen LogP contribution in [-0.4, -0.2) is 6.29 Å². The lowest BCUT2D eigenvalue weighted by atomic mass is 10.7. The molecule has 0 fully saturated rings. The molecule has 0 unspecified atom stereocenters. The van der Waals surface area contributed by atoms with Gasteiger partial charge in [0.1, 0.15) is 0 Å². The van der Waals surface area contributed by atoms with Crippen LogP contribution in [0.1, 0.15) is 0 Å². The molecule has 0 bridgehead atoms. The van der Waals surface area contributed by atoms with E-state index in [1.165, 1.54) is 0 Å². The molecule has 0 aromatic rings. The van der Waals surface area contributed by atoms with Crippen LogP contribution in [0.2, 0.25) is 0 Å². The Morgan fingerprint density at radius 2 is 2.60 bits per heavy atom. The average Bonchev–Trinajstić information content (AvgIpc) is 2.12. The van der Waals surface area contributed by atoms with Crippen molar-refractivity contribution in [2.45, 2.75) is 0 Å². The zero-order valence-corrected chi connectivity index (χ0v) is 2.56. The van der Waals surface area contributed by atoms with Crippen molar-refractivity contribution in [2.75, 3.05) is 0 Å². The molecule has 0 aliphatic carbocycles. The van der Waals surface area contributed by atoms with Gasteiger partial charge in [-0.05, 0) is 0 Å². The zero-order chi connectivity index (χ0) is 3.70. The third-order valence-electron chi connectivity index (χ3n) is 0.438. The van der Waals surface area contributed by atoms with E-state index in [0.29, 0.717) is 5.70 Å². The highest BCUT2D eigenvalue weighted by Gasteiger charge is 1.99. The van der Waals surface area contributed by atoms with Crippen LogP contribution >= 0.6 is 0 Å². The molecule has 0 amide bonds. The standard InChI is InChI=1S/C3H3NO/c5-2-3-1-4-3/h1-2,4H. The van der Waals surface area contributed by atoms with E-state index in [2.05, 4.69) is 5.32 Å². The number of hydrogen-bond acceptors (Lipinski definition) is 2. The molecule has 1 rings (SSSR count). The van der Waals surface area contributed by atoms with Crippen LogP contribution < -0.4 is 5.32 Å². The molecule has 0 saturated carbocycles. The summed E-state index contributed by atoms with van der Waals surface area (Å²) in [6, 6.07) is 0. The first-order valence-corrected chi connectivity index (χ1v) is 1.35. The summed E-state index contributed by atoms with van der Waals surface area (Å²) >= 11 is 0. The zero-order valence-electron chi connectivity index (χ0n) is 2.56. The number of allylic oxidation sites excluding steroid dienone is 1. The van der Waals surface area contributed by atoms with E-state index in [4.69, 9.17) is 0 Å². The van der Waals surface area contributed by atoms with Gasteiger partial charge < -0.3 is 5.32 Å². The number of hydrogen-bond donors (Lipinski definition) is 1. The van der Waals surface area contributed by atoms with Gasteiger partial charge in [-0.2, -0.15) is 0 Å². The van der Waals surface area contributed by atoms with E-state index in [0.717, 1.165) is 6.29 Å². The highest BCUT2D eigenvalue weighted by molar-refractivity contribution is 5.77. The van der Waals surface area contributed by atoms with Gasteiger partial charge in [-0.25, -0.2) is 0 Å². The van der Waals surface area contributed by atoms with E-state index < -0.39 is 0 Å². The fourth-order valence-electron chi connectivity index (χ4n) is 0.110. The van der Waals surface area contributed by atoms with Gasteiger partial charge in [-0.1, -0.05) is 0 Å². The van der Waals surface area contributed by atoms with Gasteiger partial charge in [0.2, 0.25) is 0 Å².